The number of hydrazone groups is 1. The standard InChI is InChI=1S/C20H22N2O2/c23-19(17-12-6-2-7-13-17)22-21-18(16-10-4-1-5-11-16)20(24)14-8-3-9-15-20/h1-2,4-7,10-13,24H,3,8-9,14-15H2,(H,22,23)/b21-18+. The molecular formula is C20H22N2O2. The van der Waals surface area contributed by atoms with Gasteiger partial charge in [-0.25, -0.2) is 5.43 Å². The van der Waals surface area contributed by atoms with Crippen molar-refractivity contribution in [3.05, 3.63) is 71.8 Å². The largest absolute Gasteiger partial charge is 0.383 e. The third-order valence-corrected chi connectivity index (χ3v) is 4.47. The van der Waals surface area contributed by atoms with E-state index in [1.54, 1.807) is 12.1 Å². The van der Waals surface area contributed by atoms with Crippen molar-refractivity contribution in [1.29, 1.82) is 0 Å². The molecule has 1 saturated carbocycles. The zero-order valence-corrected chi connectivity index (χ0v) is 13.6. The van der Waals surface area contributed by atoms with Gasteiger partial charge in [-0.05, 0) is 25.0 Å². The zero-order chi connectivity index (χ0) is 16.8. The molecule has 0 heterocycles. The number of benzene rings is 2. The Morgan fingerprint density at radius 1 is 0.875 bits per heavy atom. The second kappa shape index (κ2) is 7.41. The summed E-state index contributed by atoms with van der Waals surface area (Å²) >= 11 is 0. The second-order valence-electron chi connectivity index (χ2n) is 6.23. The van der Waals surface area contributed by atoms with E-state index in [9.17, 15) is 9.90 Å². The number of rotatable bonds is 4. The van der Waals surface area contributed by atoms with Gasteiger partial charge in [-0.2, -0.15) is 5.10 Å². The van der Waals surface area contributed by atoms with Crippen LogP contribution >= 0.6 is 0 Å². The van der Waals surface area contributed by atoms with E-state index < -0.39 is 5.60 Å². The third kappa shape index (κ3) is 3.71. The number of carbonyl (C=O) groups is 1. The lowest BCUT2D eigenvalue weighted by Crippen LogP contribution is -2.42. The van der Waals surface area contributed by atoms with Gasteiger partial charge in [0.25, 0.3) is 5.91 Å². The molecule has 2 aromatic rings. The van der Waals surface area contributed by atoms with Crippen molar-refractivity contribution in [3.8, 4) is 0 Å². The lowest BCUT2D eigenvalue weighted by Gasteiger charge is -2.33. The average Bonchev–Trinajstić information content (AvgIpc) is 2.64. The van der Waals surface area contributed by atoms with Crippen LogP contribution in [0.4, 0.5) is 0 Å². The van der Waals surface area contributed by atoms with Crippen molar-refractivity contribution in [2.24, 2.45) is 5.10 Å². The van der Waals surface area contributed by atoms with Gasteiger partial charge < -0.3 is 5.11 Å². The van der Waals surface area contributed by atoms with Gasteiger partial charge in [-0.15, -0.1) is 0 Å². The number of hydrogen-bond donors (Lipinski definition) is 2. The summed E-state index contributed by atoms with van der Waals surface area (Å²) in [4.78, 5) is 12.3. The molecule has 124 valence electrons. The van der Waals surface area contributed by atoms with Crippen LogP contribution in [0, 0.1) is 0 Å². The third-order valence-electron chi connectivity index (χ3n) is 4.47. The van der Waals surface area contributed by atoms with Gasteiger partial charge in [-0.3, -0.25) is 4.79 Å². The topological polar surface area (TPSA) is 61.7 Å². The molecule has 0 bridgehead atoms. The lowest BCUT2D eigenvalue weighted by atomic mass is 9.79. The Balaban J connectivity index is 1.88. The van der Waals surface area contributed by atoms with Gasteiger partial charge in [0, 0.05) is 11.1 Å². The minimum Gasteiger partial charge on any atom is -0.383 e. The van der Waals surface area contributed by atoms with Crippen molar-refractivity contribution < 1.29 is 9.90 Å². The van der Waals surface area contributed by atoms with Crippen molar-refractivity contribution in [1.82, 2.24) is 5.43 Å². The summed E-state index contributed by atoms with van der Waals surface area (Å²) in [6.07, 6.45) is 4.40. The summed E-state index contributed by atoms with van der Waals surface area (Å²) in [5.41, 5.74) is 3.56. The second-order valence-corrected chi connectivity index (χ2v) is 6.23. The maximum Gasteiger partial charge on any atom is 0.271 e. The van der Waals surface area contributed by atoms with E-state index in [1.165, 1.54) is 0 Å². The smallest absolute Gasteiger partial charge is 0.271 e. The molecule has 1 amide bonds. The Bertz CT molecular complexity index is 705. The van der Waals surface area contributed by atoms with Crippen LogP contribution in [0.5, 0.6) is 0 Å². The van der Waals surface area contributed by atoms with Gasteiger partial charge in [0.15, 0.2) is 0 Å². The molecule has 24 heavy (non-hydrogen) atoms. The summed E-state index contributed by atoms with van der Waals surface area (Å²) in [5, 5.41) is 15.4. The van der Waals surface area contributed by atoms with Gasteiger partial charge >= 0.3 is 0 Å². The molecule has 1 aliphatic rings. The zero-order valence-electron chi connectivity index (χ0n) is 13.6. The Kier molecular flexibility index (Phi) is 5.06. The first-order valence-electron chi connectivity index (χ1n) is 8.40. The van der Waals surface area contributed by atoms with Gasteiger partial charge in [0.1, 0.15) is 5.60 Å². The van der Waals surface area contributed by atoms with E-state index in [-0.39, 0.29) is 5.91 Å². The molecule has 4 nitrogen and oxygen atoms in total. The summed E-state index contributed by atoms with van der Waals surface area (Å²) in [6.45, 7) is 0. The molecule has 2 N–H and O–H groups in total. The highest BCUT2D eigenvalue weighted by molar-refractivity contribution is 6.07. The van der Waals surface area contributed by atoms with Crippen molar-refractivity contribution in [3.63, 3.8) is 0 Å². The number of nitrogens with one attached hydrogen (secondary N) is 1. The maximum absolute atomic E-state index is 12.3. The molecule has 1 aliphatic carbocycles. The molecule has 3 rings (SSSR count). The van der Waals surface area contributed by atoms with Gasteiger partial charge in [0.2, 0.25) is 0 Å². The first-order valence-corrected chi connectivity index (χ1v) is 8.40. The molecule has 0 atom stereocenters. The normalized spacial score (nSPS) is 17.3. The van der Waals surface area contributed by atoms with Crippen LogP contribution < -0.4 is 5.43 Å². The highest BCUT2D eigenvalue weighted by atomic mass is 16.3. The van der Waals surface area contributed by atoms with E-state index in [1.807, 2.05) is 48.5 Å². The van der Waals surface area contributed by atoms with E-state index in [0.29, 0.717) is 24.1 Å². The molecular weight excluding hydrogens is 300 g/mol. The Hall–Kier alpha value is -2.46. The minimum atomic E-state index is -0.983. The fraction of sp³-hybridized carbons (Fsp3) is 0.300. The fourth-order valence-electron chi connectivity index (χ4n) is 3.17. The van der Waals surface area contributed by atoms with Crippen molar-refractivity contribution >= 4 is 11.6 Å². The summed E-state index contributed by atoms with van der Waals surface area (Å²) in [5.74, 6) is -0.275. The van der Waals surface area contributed by atoms with E-state index in [4.69, 9.17) is 0 Å². The molecule has 4 heteroatoms. The lowest BCUT2D eigenvalue weighted by molar-refractivity contribution is 0.0707. The summed E-state index contributed by atoms with van der Waals surface area (Å²) < 4.78 is 0. The summed E-state index contributed by atoms with van der Waals surface area (Å²) in [7, 11) is 0. The Labute approximate surface area is 142 Å². The Morgan fingerprint density at radius 3 is 2.00 bits per heavy atom. The van der Waals surface area contributed by atoms with E-state index in [2.05, 4.69) is 10.5 Å². The van der Waals surface area contributed by atoms with Gasteiger partial charge in [-0.1, -0.05) is 67.8 Å². The molecule has 0 aromatic heterocycles. The quantitative estimate of drug-likeness (QED) is 0.668. The monoisotopic (exact) mass is 322 g/mol. The number of amides is 1. The molecule has 0 unspecified atom stereocenters. The predicted molar refractivity (Wildman–Crippen MR) is 94.9 cm³/mol. The van der Waals surface area contributed by atoms with Crippen LogP contribution in [0.2, 0.25) is 0 Å². The molecule has 0 radical (unpaired) electrons. The first kappa shape index (κ1) is 16.4. The number of hydrogen-bond acceptors (Lipinski definition) is 3. The van der Waals surface area contributed by atoms with Crippen LogP contribution in [-0.4, -0.2) is 22.3 Å². The van der Waals surface area contributed by atoms with Crippen LogP contribution in [0.3, 0.4) is 0 Å². The molecule has 0 saturated heterocycles. The SMILES string of the molecule is O=C(N/N=C(\c1ccccc1)C1(O)CCCCC1)c1ccccc1. The maximum atomic E-state index is 12.3. The highest BCUT2D eigenvalue weighted by Crippen LogP contribution is 2.31. The fourth-order valence-corrected chi connectivity index (χ4v) is 3.17. The molecule has 0 aliphatic heterocycles. The van der Waals surface area contributed by atoms with Crippen molar-refractivity contribution in [2.45, 2.75) is 37.7 Å². The highest BCUT2D eigenvalue weighted by Gasteiger charge is 2.36. The van der Waals surface area contributed by atoms with Gasteiger partial charge in [0.05, 0.1) is 5.71 Å². The first-order chi connectivity index (χ1) is 11.7. The average molecular weight is 322 g/mol. The molecule has 0 spiro atoms. The van der Waals surface area contributed by atoms with E-state index >= 15 is 0 Å². The minimum absolute atomic E-state index is 0.275. The Morgan fingerprint density at radius 2 is 1.42 bits per heavy atom. The van der Waals surface area contributed by atoms with Crippen LogP contribution in [0.25, 0.3) is 0 Å². The summed E-state index contributed by atoms with van der Waals surface area (Å²) in [6, 6.07) is 18.5. The number of nitrogens with zero attached hydrogens (tertiary/aromatic N) is 1. The number of carbonyl (C=O) groups excluding carboxylic acids is 1. The molecule has 1 fully saturated rings. The van der Waals surface area contributed by atoms with Crippen LogP contribution in [-0.2, 0) is 0 Å². The number of aliphatic hydroxyl groups is 1. The van der Waals surface area contributed by atoms with Crippen LogP contribution in [0.1, 0.15) is 48.0 Å². The predicted octanol–water partition coefficient (Wildman–Crippen LogP) is 3.52. The molecule has 2 aromatic carbocycles. The van der Waals surface area contributed by atoms with Crippen LogP contribution in [0.15, 0.2) is 65.8 Å². The van der Waals surface area contributed by atoms with Crippen molar-refractivity contribution in [2.75, 3.05) is 0 Å². The van der Waals surface area contributed by atoms with E-state index in [0.717, 1.165) is 24.8 Å².